The van der Waals surface area contributed by atoms with E-state index in [9.17, 15) is 47.9 Å². The Balaban J connectivity index is 1.20. The number of halogens is 1. The molecular formula is C56H76ClN7O14. The molecule has 6 N–H and O–H groups in total. The fourth-order valence-electron chi connectivity index (χ4n) is 8.77. The Hall–Kier alpha value is -6.87. The molecule has 0 bridgehead atoms. The Morgan fingerprint density at radius 1 is 0.859 bits per heavy atom. The smallest absolute Gasteiger partial charge is 0.333 e. The number of hydrogen-bond donors (Lipinski definition) is 6. The number of imide groups is 1. The Kier molecular flexibility index (Phi) is 21.6. The maximum Gasteiger partial charge on any atom is 0.333 e. The van der Waals surface area contributed by atoms with E-state index in [-0.39, 0.29) is 69.9 Å². The molecule has 0 spiro atoms. The lowest BCUT2D eigenvalue weighted by Gasteiger charge is -2.35. The highest BCUT2D eigenvalue weighted by Crippen LogP contribution is 2.45. The van der Waals surface area contributed by atoms with Crippen molar-refractivity contribution in [3.05, 3.63) is 76.3 Å². The predicted octanol–water partition coefficient (Wildman–Crippen LogP) is 4.51. The van der Waals surface area contributed by atoms with E-state index in [0.717, 1.165) is 11.1 Å². The molecule has 3 aliphatic rings. The van der Waals surface area contributed by atoms with E-state index in [1.54, 1.807) is 58.9 Å². The fraction of sp³-hybridized carbons (Fsp3) is 0.571. The van der Waals surface area contributed by atoms with Crippen molar-refractivity contribution >= 4 is 70.8 Å². The minimum Gasteiger partial charge on any atom is -0.495 e. The molecule has 0 aliphatic carbocycles. The van der Waals surface area contributed by atoms with Gasteiger partial charge >= 0.3 is 11.9 Å². The van der Waals surface area contributed by atoms with Crippen LogP contribution in [0.5, 0.6) is 5.75 Å². The first-order chi connectivity index (χ1) is 36.6. The van der Waals surface area contributed by atoms with Gasteiger partial charge in [-0.05, 0) is 86.8 Å². The topological polar surface area (TPSA) is 286 Å². The Morgan fingerprint density at radius 3 is 2.13 bits per heavy atom. The maximum absolute atomic E-state index is 14.2. The van der Waals surface area contributed by atoms with Crippen molar-refractivity contribution in [1.82, 2.24) is 37.0 Å². The second-order valence-electron chi connectivity index (χ2n) is 22.3. The van der Waals surface area contributed by atoms with Gasteiger partial charge < -0.3 is 50.9 Å². The standard InChI is InChI=1S/C56H76ClN7O14/c1-30(2)47(63-43(66)16-13-17-46(69)78-64-44(67)24-25-45(64)68)52(72)59-32(4)50(70)58-29-34-18-21-36(22-19-34)49-48(77-49)31(3)40-14-12-15-42(65)61-38(27-35-20-23-41(75-11)37(57)26-35)51(71)60-33(5)56(9,10)54(74)62-39(53(73)76-40)28-55(6,7)8/h12,15,18-23,26,30-33,38-40,47-49H,13-14,16-17,24-25,27-29H2,1-11H3,(H,58,70)(H,59,72)(H,60,71)(H,61,65)(H,62,74)(H,63,66)/t31-,32-,33?,38+,39-,40-,47-,48+,49+/m0/s1. The molecule has 78 heavy (non-hydrogen) atoms. The van der Waals surface area contributed by atoms with E-state index in [1.165, 1.54) is 20.1 Å². The molecule has 0 radical (unpaired) electrons. The number of amides is 8. The van der Waals surface area contributed by atoms with Crippen LogP contribution in [-0.2, 0) is 75.2 Å². The number of nitrogens with zero attached hydrogens (tertiary/aromatic N) is 1. The second-order valence-corrected chi connectivity index (χ2v) is 22.8. The van der Waals surface area contributed by atoms with Crippen LogP contribution in [0.1, 0.15) is 137 Å². The van der Waals surface area contributed by atoms with Crippen molar-refractivity contribution < 1.29 is 67.0 Å². The number of methoxy groups -OCH3 is 1. The molecule has 0 aromatic heterocycles. The largest absolute Gasteiger partial charge is 0.495 e. The zero-order valence-electron chi connectivity index (χ0n) is 46.4. The molecule has 2 fully saturated rings. The first kappa shape index (κ1) is 62.0. The van der Waals surface area contributed by atoms with Crippen LogP contribution in [0.3, 0.4) is 0 Å². The number of carbonyl (C=O) groups excluding carboxylic acids is 10. The van der Waals surface area contributed by atoms with Crippen LogP contribution in [0.25, 0.3) is 0 Å². The van der Waals surface area contributed by atoms with E-state index >= 15 is 0 Å². The average molecular weight is 1110 g/mol. The number of cyclic esters (lactones) is 1. The first-order valence-electron chi connectivity index (χ1n) is 26.4. The average Bonchev–Trinajstić information content (AvgIpc) is 4.15. The highest BCUT2D eigenvalue weighted by Gasteiger charge is 2.48. The number of hydroxylamine groups is 2. The summed E-state index contributed by atoms with van der Waals surface area (Å²) in [7, 11) is 1.49. The van der Waals surface area contributed by atoms with Gasteiger partial charge in [0.1, 0.15) is 42.1 Å². The highest BCUT2D eigenvalue weighted by atomic mass is 35.5. The van der Waals surface area contributed by atoms with Crippen LogP contribution in [0.15, 0.2) is 54.6 Å². The maximum atomic E-state index is 14.2. The lowest BCUT2D eigenvalue weighted by atomic mass is 9.82. The minimum atomic E-state index is -1.23. The molecule has 426 valence electrons. The molecule has 22 heteroatoms. The van der Waals surface area contributed by atoms with Crippen LogP contribution in [0.4, 0.5) is 0 Å². The fourth-order valence-corrected chi connectivity index (χ4v) is 9.05. The number of esters is 1. The lowest BCUT2D eigenvalue weighted by Crippen LogP contribution is -2.58. The van der Waals surface area contributed by atoms with Crippen LogP contribution < -0.4 is 36.6 Å². The van der Waals surface area contributed by atoms with Crippen LogP contribution in [0.2, 0.25) is 5.02 Å². The summed E-state index contributed by atoms with van der Waals surface area (Å²) in [6.45, 7) is 17.8. The summed E-state index contributed by atoms with van der Waals surface area (Å²) in [6.07, 6.45) is 1.25. The molecule has 21 nitrogen and oxygen atoms in total. The van der Waals surface area contributed by atoms with Crippen molar-refractivity contribution in [3.8, 4) is 5.75 Å². The van der Waals surface area contributed by atoms with Gasteiger partial charge in [0.25, 0.3) is 11.8 Å². The number of ether oxygens (including phenoxy) is 3. The highest BCUT2D eigenvalue weighted by molar-refractivity contribution is 6.32. The monoisotopic (exact) mass is 1110 g/mol. The van der Waals surface area contributed by atoms with Crippen LogP contribution in [-0.4, -0.2) is 114 Å². The molecule has 1 unspecified atom stereocenters. The van der Waals surface area contributed by atoms with Gasteiger partial charge in [0.15, 0.2) is 0 Å². The summed E-state index contributed by atoms with van der Waals surface area (Å²) >= 11 is 6.41. The molecule has 2 aromatic carbocycles. The minimum absolute atomic E-state index is 0.0367. The van der Waals surface area contributed by atoms with Crippen molar-refractivity contribution in [2.75, 3.05) is 7.11 Å². The van der Waals surface area contributed by atoms with Crippen molar-refractivity contribution in [1.29, 1.82) is 0 Å². The summed E-state index contributed by atoms with van der Waals surface area (Å²) in [5.74, 6) is -6.20. The number of hydrogen-bond acceptors (Lipinski definition) is 14. The summed E-state index contributed by atoms with van der Waals surface area (Å²) in [4.78, 5) is 135. The third-order valence-corrected chi connectivity index (χ3v) is 14.3. The van der Waals surface area contributed by atoms with Gasteiger partial charge in [-0.1, -0.05) is 89.6 Å². The molecule has 5 rings (SSSR count). The van der Waals surface area contributed by atoms with Crippen molar-refractivity contribution in [2.45, 2.75) is 176 Å². The van der Waals surface area contributed by atoms with Gasteiger partial charge in [0.05, 0.1) is 23.7 Å². The van der Waals surface area contributed by atoms with Gasteiger partial charge in [-0.25, -0.2) is 9.59 Å². The summed E-state index contributed by atoms with van der Waals surface area (Å²) in [5, 5.41) is 17.5. The number of carbonyl (C=O) groups is 10. The number of rotatable bonds is 19. The predicted molar refractivity (Wildman–Crippen MR) is 285 cm³/mol. The lowest BCUT2D eigenvalue weighted by molar-refractivity contribution is -0.197. The Morgan fingerprint density at radius 2 is 1.51 bits per heavy atom. The molecular weight excluding hydrogens is 1030 g/mol. The number of nitrogens with one attached hydrogen (secondary N) is 6. The van der Waals surface area contributed by atoms with E-state index in [2.05, 4.69) is 31.9 Å². The summed E-state index contributed by atoms with van der Waals surface area (Å²) in [5.41, 5.74) is 0.582. The third kappa shape index (κ3) is 17.6. The molecule has 0 saturated carbocycles. The molecule has 8 amide bonds. The number of benzene rings is 2. The Labute approximate surface area is 460 Å². The van der Waals surface area contributed by atoms with E-state index in [1.807, 2.05) is 52.0 Å². The van der Waals surface area contributed by atoms with E-state index in [4.69, 9.17) is 30.6 Å². The Bertz CT molecular complexity index is 2580. The van der Waals surface area contributed by atoms with Crippen molar-refractivity contribution in [2.24, 2.45) is 22.7 Å². The second kappa shape index (κ2) is 27.1. The normalized spacial score (nSPS) is 23.2. The van der Waals surface area contributed by atoms with Gasteiger partial charge in [-0.15, -0.1) is 5.06 Å². The van der Waals surface area contributed by atoms with E-state index in [0.29, 0.717) is 21.4 Å². The zero-order chi connectivity index (χ0) is 57.8. The molecule has 3 aliphatic heterocycles. The molecule has 2 aromatic rings. The van der Waals surface area contributed by atoms with Crippen LogP contribution >= 0.6 is 11.6 Å². The SMILES string of the molecule is COc1ccc(C[C@H]2NC(=O)C=CC[C@@H]([C@H](C)[C@H]3O[C@@H]3c3ccc(CNC(=O)[C@H](C)NC(=O)[C@@H](NC(=O)CCCC(=O)ON4C(=O)CCC4=O)C(C)C)cc3)OC(=O)[C@H](CC(C)(C)C)NC(=O)C(C)(C)C(C)NC2=O)cc1Cl. The molecule has 3 heterocycles. The quantitative estimate of drug-likeness (QED) is 0.0642. The zero-order valence-corrected chi connectivity index (χ0v) is 47.1. The van der Waals surface area contributed by atoms with Crippen molar-refractivity contribution in [3.63, 3.8) is 0 Å². The third-order valence-electron chi connectivity index (χ3n) is 14.0. The number of epoxide rings is 1. The van der Waals surface area contributed by atoms with Gasteiger partial charge in [-0.3, -0.25) is 38.4 Å². The first-order valence-corrected chi connectivity index (χ1v) is 26.8. The molecule has 2 saturated heterocycles. The van der Waals surface area contributed by atoms with Gasteiger partial charge in [0, 0.05) is 57.0 Å². The van der Waals surface area contributed by atoms with Gasteiger partial charge in [0.2, 0.25) is 35.4 Å². The summed E-state index contributed by atoms with van der Waals surface area (Å²) < 4.78 is 17.7. The van der Waals surface area contributed by atoms with Crippen LogP contribution in [0, 0.1) is 22.7 Å². The van der Waals surface area contributed by atoms with E-state index < -0.39 is 118 Å². The van der Waals surface area contributed by atoms with Gasteiger partial charge in [-0.2, -0.15) is 0 Å². The molecule has 9 atom stereocenters. The summed E-state index contributed by atoms with van der Waals surface area (Å²) in [6, 6.07) is 7.60.